The van der Waals surface area contributed by atoms with Crippen LogP contribution in [0.1, 0.15) is 38.3 Å². The third-order valence-electron chi connectivity index (χ3n) is 3.48. The second-order valence-electron chi connectivity index (χ2n) is 6.65. The minimum Gasteiger partial charge on any atom is -0.374 e. The number of benzene rings is 1. The molecule has 0 saturated heterocycles. The molecule has 0 spiro atoms. The fourth-order valence-corrected chi connectivity index (χ4v) is 2.53. The van der Waals surface area contributed by atoms with Crippen molar-refractivity contribution in [3.8, 4) is 0 Å². The molecule has 0 amide bonds. The van der Waals surface area contributed by atoms with Crippen LogP contribution in [0, 0.1) is 5.41 Å². The molecule has 100 valence electrons. The van der Waals surface area contributed by atoms with Gasteiger partial charge in [0.05, 0.1) is 0 Å². The fraction of sp³-hybridized carbons (Fsp3) is 0.625. The van der Waals surface area contributed by atoms with Crippen molar-refractivity contribution in [2.75, 3.05) is 25.0 Å². The van der Waals surface area contributed by atoms with Crippen LogP contribution in [0.15, 0.2) is 18.2 Å². The topological polar surface area (TPSA) is 15.3 Å². The lowest BCUT2D eigenvalue weighted by Crippen LogP contribution is -2.27. The van der Waals surface area contributed by atoms with Gasteiger partial charge in [0, 0.05) is 32.4 Å². The van der Waals surface area contributed by atoms with Crippen molar-refractivity contribution in [1.29, 1.82) is 0 Å². The molecular formula is C16H26N2. The largest absolute Gasteiger partial charge is 0.374 e. The van der Waals surface area contributed by atoms with E-state index in [1.165, 1.54) is 36.2 Å². The predicted octanol–water partition coefficient (Wildman–Crippen LogP) is 3.20. The number of hydrogen-bond acceptors (Lipinski definition) is 2. The van der Waals surface area contributed by atoms with Crippen molar-refractivity contribution >= 4 is 5.69 Å². The van der Waals surface area contributed by atoms with Crippen LogP contribution in [0.4, 0.5) is 5.69 Å². The lowest BCUT2D eigenvalue weighted by atomic mass is 9.96. The lowest BCUT2D eigenvalue weighted by Gasteiger charge is -2.28. The average Bonchev–Trinajstić information content (AvgIpc) is 2.27. The molecule has 0 aliphatic carbocycles. The van der Waals surface area contributed by atoms with E-state index < -0.39 is 0 Å². The summed E-state index contributed by atoms with van der Waals surface area (Å²) in [5.41, 5.74) is 4.70. The standard InChI is InChI=1S/C16H26N2/c1-16(2,3)12-17-11-13-7-8-15-14(10-13)6-5-9-18(15)4/h7-8,10,17H,5-6,9,11-12H2,1-4H3. The van der Waals surface area contributed by atoms with E-state index in [1.54, 1.807) is 0 Å². The average molecular weight is 246 g/mol. The monoisotopic (exact) mass is 246 g/mol. The maximum Gasteiger partial charge on any atom is 0.0396 e. The van der Waals surface area contributed by atoms with Gasteiger partial charge in [0.1, 0.15) is 0 Å². The number of nitrogens with zero attached hydrogens (tertiary/aromatic N) is 1. The molecule has 2 nitrogen and oxygen atoms in total. The molecule has 0 bridgehead atoms. The van der Waals surface area contributed by atoms with Crippen molar-refractivity contribution in [3.63, 3.8) is 0 Å². The fourth-order valence-electron chi connectivity index (χ4n) is 2.53. The number of hydrogen-bond donors (Lipinski definition) is 1. The van der Waals surface area contributed by atoms with Crippen molar-refractivity contribution in [2.45, 2.75) is 40.2 Å². The Bertz CT molecular complexity index is 404. The van der Waals surface area contributed by atoms with Gasteiger partial charge in [-0.15, -0.1) is 0 Å². The number of fused-ring (bicyclic) bond motifs is 1. The minimum absolute atomic E-state index is 0.356. The molecule has 1 aromatic rings. The highest BCUT2D eigenvalue weighted by Crippen LogP contribution is 2.26. The van der Waals surface area contributed by atoms with Crippen LogP contribution < -0.4 is 10.2 Å². The first-order chi connectivity index (χ1) is 8.46. The summed E-state index contributed by atoms with van der Waals surface area (Å²) in [6.07, 6.45) is 2.51. The summed E-state index contributed by atoms with van der Waals surface area (Å²) in [7, 11) is 2.19. The molecule has 1 aromatic carbocycles. The molecule has 18 heavy (non-hydrogen) atoms. The molecule has 0 radical (unpaired) electrons. The summed E-state index contributed by atoms with van der Waals surface area (Å²) >= 11 is 0. The van der Waals surface area contributed by atoms with Gasteiger partial charge in [-0.25, -0.2) is 0 Å². The zero-order valence-electron chi connectivity index (χ0n) is 12.2. The van der Waals surface area contributed by atoms with Crippen molar-refractivity contribution < 1.29 is 0 Å². The zero-order valence-corrected chi connectivity index (χ0v) is 12.2. The number of aryl methyl sites for hydroxylation is 1. The number of rotatable bonds is 3. The smallest absolute Gasteiger partial charge is 0.0396 e. The first-order valence-corrected chi connectivity index (χ1v) is 6.99. The first-order valence-electron chi connectivity index (χ1n) is 6.99. The van der Waals surface area contributed by atoms with Crippen LogP contribution in [-0.4, -0.2) is 20.1 Å². The maximum absolute atomic E-state index is 3.55. The summed E-state index contributed by atoms with van der Waals surface area (Å²) in [5.74, 6) is 0. The van der Waals surface area contributed by atoms with E-state index in [-0.39, 0.29) is 0 Å². The van der Waals surface area contributed by atoms with Gasteiger partial charge in [-0.2, -0.15) is 0 Å². The normalized spacial score (nSPS) is 15.7. The molecule has 0 fully saturated rings. The van der Waals surface area contributed by atoms with Gasteiger partial charge in [-0.1, -0.05) is 32.9 Å². The summed E-state index contributed by atoms with van der Waals surface area (Å²) in [4.78, 5) is 2.37. The van der Waals surface area contributed by atoms with E-state index in [0.29, 0.717) is 5.41 Å². The zero-order chi connectivity index (χ0) is 13.2. The Hall–Kier alpha value is -1.02. The molecule has 0 saturated carbocycles. The van der Waals surface area contributed by atoms with E-state index >= 15 is 0 Å². The summed E-state index contributed by atoms with van der Waals surface area (Å²) in [6, 6.07) is 6.92. The third-order valence-corrected chi connectivity index (χ3v) is 3.48. The van der Waals surface area contributed by atoms with E-state index in [2.05, 4.69) is 56.2 Å². The molecule has 1 heterocycles. The van der Waals surface area contributed by atoms with Crippen LogP contribution in [0.5, 0.6) is 0 Å². The van der Waals surface area contributed by atoms with Gasteiger partial charge in [0.2, 0.25) is 0 Å². The van der Waals surface area contributed by atoms with E-state index in [9.17, 15) is 0 Å². The van der Waals surface area contributed by atoms with Crippen LogP contribution in [0.3, 0.4) is 0 Å². The quantitative estimate of drug-likeness (QED) is 0.881. The highest BCUT2D eigenvalue weighted by Gasteiger charge is 2.14. The first kappa shape index (κ1) is 13.4. The van der Waals surface area contributed by atoms with Gasteiger partial charge in [-0.05, 0) is 35.4 Å². The molecule has 2 heteroatoms. The van der Waals surface area contributed by atoms with Gasteiger partial charge in [0.25, 0.3) is 0 Å². The summed E-state index contributed by atoms with van der Waals surface area (Å²) < 4.78 is 0. The van der Waals surface area contributed by atoms with Gasteiger partial charge in [-0.3, -0.25) is 0 Å². The maximum atomic E-state index is 3.55. The number of anilines is 1. The molecule has 1 aliphatic rings. The van der Waals surface area contributed by atoms with Crippen LogP contribution in [0.25, 0.3) is 0 Å². The van der Waals surface area contributed by atoms with Crippen LogP contribution in [-0.2, 0) is 13.0 Å². The minimum atomic E-state index is 0.356. The Morgan fingerprint density at radius 1 is 1.28 bits per heavy atom. The number of nitrogens with one attached hydrogen (secondary N) is 1. The Morgan fingerprint density at radius 2 is 2.06 bits per heavy atom. The SMILES string of the molecule is CN1CCCc2cc(CNCC(C)(C)C)ccc21. The van der Waals surface area contributed by atoms with Crippen molar-refractivity contribution in [3.05, 3.63) is 29.3 Å². The Balaban J connectivity index is 1.99. The highest BCUT2D eigenvalue weighted by atomic mass is 15.1. The Kier molecular flexibility index (Phi) is 3.96. The summed E-state index contributed by atoms with van der Waals surface area (Å²) in [6.45, 7) is 10.0. The molecule has 1 N–H and O–H groups in total. The van der Waals surface area contributed by atoms with Gasteiger partial charge < -0.3 is 10.2 Å². The second kappa shape index (κ2) is 5.31. The lowest BCUT2D eigenvalue weighted by molar-refractivity contribution is 0.379. The van der Waals surface area contributed by atoms with E-state index in [4.69, 9.17) is 0 Å². The molecule has 1 aliphatic heterocycles. The Morgan fingerprint density at radius 3 is 2.78 bits per heavy atom. The third kappa shape index (κ3) is 3.49. The molecular weight excluding hydrogens is 220 g/mol. The van der Waals surface area contributed by atoms with E-state index in [0.717, 1.165) is 13.1 Å². The highest BCUT2D eigenvalue weighted by molar-refractivity contribution is 5.56. The Labute approximate surface area is 111 Å². The molecule has 0 atom stereocenters. The van der Waals surface area contributed by atoms with E-state index in [1.807, 2.05) is 0 Å². The van der Waals surface area contributed by atoms with Gasteiger partial charge in [0.15, 0.2) is 0 Å². The second-order valence-corrected chi connectivity index (χ2v) is 6.65. The molecule has 0 unspecified atom stereocenters. The molecule has 0 aromatic heterocycles. The molecule has 2 rings (SSSR count). The van der Waals surface area contributed by atoms with Gasteiger partial charge >= 0.3 is 0 Å². The van der Waals surface area contributed by atoms with Crippen LogP contribution >= 0.6 is 0 Å². The summed E-state index contributed by atoms with van der Waals surface area (Å²) in [5, 5.41) is 3.55. The van der Waals surface area contributed by atoms with Crippen LogP contribution in [0.2, 0.25) is 0 Å². The van der Waals surface area contributed by atoms with Crippen molar-refractivity contribution in [1.82, 2.24) is 5.32 Å². The van der Waals surface area contributed by atoms with Crippen molar-refractivity contribution in [2.24, 2.45) is 5.41 Å². The predicted molar refractivity (Wildman–Crippen MR) is 79.2 cm³/mol.